The van der Waals surface area contributed by atoms with Crippen LogP contribution in [0.3, 0.4) is 0 Å². The number of hydrogen-bond donors (Lipinski definition) is 2. The van der Waals surface area contributed by atoms with Crippen LogP contribution in [0.25, 0.3) is 0 Å². The van der Waals surface area contributed by atoms with E-state index in [1.165, 1.54) is 22.2 Å². The Morgan fingerprint density at radius 2 is 1.67 bits per heavy atom. The van der Waals surface area contributed by atoms with Gasteiger partial charge in [-0.1, -0.05) is 30.3 Å². The first-order valence-corrected chi connectivity index (χ1v) is 16.6. The fraction of sp³-hybridized carbons (Fsp3) is 0.316. The van der Waals surface area contributed by atoms with E-state index >= 15 is 0 Å². The molecule has 2 amide bonds. The molecule has 49 heavy (non-hydrogen) atoms. The van der Waals surface area contributed by atoms with Gasteiger partial charge < -0.3 is 30.2 Å². The maximum absolute atomic E-state index is 12.8. The van der Waals surface area contributed by atoms with Crippen molar-refractivity contribution in [1.82, 2.24) is 19.8 Å². The molecule has 0 atom stereocenters. The van der Waals surface area contributed by atoms with Gasteiger partial charge in [0.15, 0.2) is 0 Å². The predicted molar refractivity (Wildman–Crippen MR) is 201 cm³/mol. The lowest BCUT2D eigenvalue weighted by Crippen LogP contribution is -2.44. The molecule has 1 saturated heterocycles. The van der Waals surface area contributed by atoms with E-state index in [0.29, 0.717) is 42.7 Å². The van der Waals surface area contributed by atoms with Crippen molar-refractivity contribution in [2.24, 2.45) is 0 Å². The molecule has 11 nitrogen and oxygen atoms in total. The summed E-state index contributed by atoms with van der Waals surface area (Å²) < 4.78 is 0. The van der Waals surface area contributed by atoms with Crippen LogP contribution in [-0.4, -0.2) is 99.5 Å². The number of carbonyl (C=O) groups excluding carboxylic acids is 2. The highest BCUT2D eigenvalue weighted by Gasteiger charge is 2.19. The van der Waals surface area contributed by atoms with Crippen molar-refractivity contribution in [3.8, 4) is 0 Å². The quantitative estimate of drug-likeness (QED) is 0.138. The van der Waals surface area contributed by atoms with Gasteiger partial charge in [-0.3, -0.25) is 14.5 Å². The number of aryl methyl sites for hydroxylation is 1. The Labute approximate surface area is 289 Å². The van der Waals surface area contributed by atoms with Crippen molar-refractivity contribution in [1.29, 1.82) is 0 Å². The normalized spacial score (nSPS) is 13.5. The van der Waals surface area contributed by atoms with Gasteiger partial charge in [-0.2, -0.15) is 4.98 Å². The Kier molecular flexibility index (Phi) is 12.0. The van der Waals surface area contributed by atoms with Gasteiger partial charge in [0.05, 0.1) is 5.69 Å². The molecule has 0 unspecified atom stereocenters. The molecular formula is C38H47N9O2. The second-order valence-corrected chi connectivity index (χ2v) is 12.6. The summed E-state index contributed by atoms with van der Waals surface area (Å²) in [5.74, 6) is 0.599. The molecule has 0 bridgehead atoms. The van der Waals surface area contributed by atoms with Crippen LogP contribution < -0.4 is 25.3 Å². The number of piperazine rings is 1. The third kappa shape index (κ3) is 9.65. The Balaban J connectivity index is 1.41. The van der Waals surface area contributed by atoms with Crippen molar-refractivity contribution < 1.29 is 9.59 Å². The van der Waals surface area contributed by atoms with E-state index in [9.17, 15) is 9.59 Å². The Morgan fingerprint density at radius 3 is 2.39 bits per heavy atom. The molecule has 3 aromatic carbocycles. The molecule has 5 rings (SSSR count). The minimum atomic E-state index is -0.247. The lowest BCUT2D eigenvalue weighted by atomic mass is 10.1. The van der Waals surface area contributed by atoms with Crippen LogP contribution in [0.5, 0.6) is 0 Å². The van der Waals surface area contributed by atoms with Crippen LogP contribution in [-0.2, 0) is 16.0 Å². The number of nitrogens with one attached hydrogen (secondary N) is 2. The van der Waals surface area contributed by atoms with Crippen LogP contribution in [0.4, 0.5) is 40.2 Å². The SMILES string of the molecule is Cc1cc(Nc2ncc(CCN(C)c3ccccc3)c(N(C=O)c3cccc(NC(=O)/C=C/CN(C)C)c3)n2)ccc1N1CCN(C)CC1. The van der Waals surface area contributed by atoms with E-state index in [1.54, 1.807) is 30.5 Å². The van der Waals surface area contributed by atoms with Gasteiger partial charge in [0.25, 0.3) is 0 Å². The number of anilines is 7. The number of hydrogen-bond acceptors (Lipinski definition) is 9. The average Bonchev–Trinajstić information content (AvgIpc) is 3.09. The molecule has 2 N–H and O–H groups in total. The van der Waals surface area contributed by atoms with Crippen molar-refractivity contribution in [2.75, 3.05) is 92.8 Å². The number of nitrogens with zero attached hydrogens (tertiary/aromatic N) is 7. The number of aromatic nitrogens is 2. The van der Waals surface area contributed by atoms with Crippen LogP contribution in [0, 0.1) is 6.92 Å². The predicted octanol–water partition coefficient (Wildman–Crippen LogP) is 5.31. The van der Waals surface area contributed by atoms with Crippen molar-refractivity contribution in [3.05, 3.63) is 102 Å². The highest BCUT2D eigenvalue weighted by molar-refractivity contribution is 6.00. The molecule has 4 aromatic rings. The van der Waals surface area contributed by atoms with Gasteiger partial charge in [0.1, 0.15) is 5.82 Å². The van der Waals surface area contributed by atoms with Gasteiger partial charge in [-0.25, -0.2) is 4.98 Å². The number of carbonyl (C=O) groups is 2. The fourth-order valence-corrected chi connectivity index (χ4v) is 5.73. The number of para-hydroxylation sites is 1. The molecule has 1 fully saturated rings. The summed E-state index contributed by atoms with van der Waals surface area (Å²) in [6, 6.07) is 23.6. The first kappa shape index (κ1) is 35.1. The first-order chi connectivity index (χ1) is 23.7. The zero-order valence-electron chi connectivity index (χ0n) is 29.1. The zero-order chi connectivity index (χ0) is 34.8. The lowest BCUT2D eigenvalue weighted by molar-refractivity contribution is -0.112. The highest BCUT2D eigenvalue weighted by Crippen LogP contribution is 2.31. The third-order valence-corrected chi connectivity index (χ3v) is 8.52. The third-order valence-electron chi connectivity index (χ3n) is 8.52. The van der Waals surface area contributed by atoms with E-state index in [-0.39, 0.29) is 5.91 Å². The summed E-state index contributed by atoms with van der Waals surface area (Å²) in [4.78, 5) is 45.3. The molecule has 0 aliphatic carbocycles. The molecule has 0 saturated carbocycles. The Hall–Kier alpha value is -5.26. The second kappa shape index (κ2) is 16.7. The van der Waals surface area contributed by atoms with E-state index in [2.05, 4.69) is 68.6 Å². The average molecular weight is 662 g/mol. The molecule has 256 valence electrons. The Bertz CT molecular complexity index is 1740. The molecule has 2 heterocycles. The van der Waals surface area contributed by atoms with Crippen molar-refractivity contribution in [3.63, 3.8) is 0 Å². The molecule has 0 radical (unpaired) electrons. The van der Waals surface area contributed by atoms with Crippen molar-refractivity contribution >= 4 is 52.5 Å². The molecule has 1 aliphatic heterocycles. The summed E-state index contributed by atoms with van der Waals surface area (Å²) in [6.45, 7) is 7.53. The van der Waals surface area contributed by atoms with Gasteiger partial charge in [0.2, 0.25) is 18.3 Å². The maximum Gasteiger partial charge on any atom is 0.248 e. The molecular weight excluding hydrogens is 614 g/mol. The minimum Gasteiger partial charge on any atom is -0.374 e. The van der Waals surface area contributed by atoms with Crippen LogP contribution in [0.15, 0.2) is 91.1 Å². The van der Waals surface area contributed by atoms with E-state index < -0.39 is 0 Å². The standard InChI is InChI=1S/C38H47N9O2/c1-29-25-32(16-17-35(29)46-23-21-44(4)22-24-46)41-38-39-27-30(18-20-45(5)33-12-7-6-8-13-33)37(42-38)47(28-48)34-14-9-11-31(26-34)40-36(49)15-10-19-43(2)3/h6-17,25-28H,18-24H2,1-5H3,(H,40,49)(H,39,41,42)/b15-10+. The topological polar surface area (TPSA) is 100 Å². The molecule has 1 aliphatic rings. The van der Waals surface area contributed by atoms with Gasteiger partial charge in [0, 0.05) is 86.9 Å². The number of benzene rings is 3. The van der Waals surface area contributed by atoms with Gasteiger partial charge in [-0.15, -0.1) is 0 Å². The molecule has 11 heteroatoms. The van der Waals surface area contributed by atoms with E-state index in [4.69, 9.17) is 4.98 Å². The summed E-state index contributed by atoms with van der Waals surface area (Å²) in [5.41, 5.74) is 6.29. The van der Waals surface area contributed by atoms with Crippen molar-refractivity contribution in [2.45, 2.75) is 13.3 Å². The summed E-state index contributed by atoms with van der Waals surface area (Å²) in [7, 11) is 8.07. The first-order valence-electron chi connectivity index (χ1n) is 16.6. The fourth-order valence-electron chi connectivity index (χ4n) is 5.73. The summed E-state index contributed by atoms with van der Waals surface area (Å²) >= 11 is 0. The number of rotatable bonds is 14. The zero-order valence-corrected chi connectivity index (χ0v) is 29.1. The maximum atomic E-state index is 12.8. The highest BCUT2D eigenvalue weighted by atomic mass is 16.1. The molecule has 1 aromatic heterocycles. The van der Waals surface area contributed by atoms with Gasteiger partial charge >= 0.3 is 0 Å². The minimum absolute atomic E-state index is 0.247. The van der Waals surface area contributed by atoms with Gasteiger partial charge in [-0.05, 0) is 88.6 Å². The van der Waals surface area contributed by atoms with Crippen LogP contribution in [0.2, 0.25) is 0 Å². The molecule has 0 spiro atoms. The monoisotopic (exact) mass is 661 g/mol. The van der Waals surface area contributed by atoms with Crippen LogP contribution in [0.1, 0.15) is 11.1 Å². The second-order valence-electron chi connectivity index (χ2n) is 12.6. The number of likely N-dealkylation sites (N-methyl/N-ethyl adjacent to an activating group) is 3. The van der Waals surface area contributed by atoms with E-state index in [1.807, 2.05) is 56.4 Å². The summed E-state index contributed by atoms with van der Waals surface area (Å²) in [6.07, 6.45) is 6.44. The smallest absolute Gasteiger partial charge is 0.248 e. The van der Waals surface area contributed by atoms with Crippen LogP contribution >= 0.6 is 0 Å². The number of amides is 2. The Morgan fingerprint density at radius 1 is 0.918 bits per heavy atom. The lowest BCUT2D eigenvalue weighted by Gasteiger charge is -2.35. The largest absolute Gasteiger partial charge is 0.374 e. The summed E-state index contributed by atoms with van der Waals surface area (Å²) in [5, 5.41) is 6.26. The van der Waals surface area contributed by atoms with E-state index in [0.717, 1.165) is 49.5 Å².